The number of hydrogen-bond acceptors (Lipinski definition) is 7. The number of carbonyl (C=O) groups is 2. The lowest BCUT2D eigenvalue weighted by atomic mass is 9.34. The van der Waals surface area contributed by atoms with E-state index in [2.05, 4.69) is 64.6 Å². The minimum Gasteiger partial charge on any atom is -0.481 e. The van der Waals surface area contributed by atoms with E-state index in [4.69, 9.17) is 15.2 Å². The van der Waals surface area contributed by atoms with E-state index in [9.17, 15) is 27.9 Å². The lowest BCUT2D eigenvalue weighted by Crippen LogP contribution is -2.70. The number of carboxylic acids is 1. The first-order valence-electron chi connectivity index (χ1n) is 20.1. The van der Waals surface area contributed by atoms with Gasteiger partial charge in [0.05, 0.1) is 37.9 Å². The van der Waals surface area contributed by atoms with E-state index in [1.54, 1.807) is 0 Å². The number of nitrogens with one attached hydrogen (secondary N) is 1. The molecule has 3 saturated carbocycles. The summed E-state index contributed by atoms with van der Waals surface area (Å²) in [5.74, 6) is -1.64. The van der Waals surface area contributed by atoms with E-state index in [-0.39, 0.29) is 52.3 Å². The van der Waals surface area contributed by atoms with Crippen LogP contribution in [0.15, 0.2) is 18.0 Å². The number of carboxylic acid groups (broad SMARTS) is 1. The number of carbonyl (C=O) groups excluding carboxylic acids is 1. The molecule has 1 aliphatic heterocycles. The molecule has 1 aromatic rings. The summed E-state index contributed by atoms with van der Waals surface area (Å²) in [5.41, 5.74) is 5.05. The molecule has 0 aromatic carbocycles. The van der Waals surface area contributed by atoms with E-state index >= 15 is 0 Å². The SMILES string of the molecule is CC(C)[C@@H](C)[C@@]1(C)CC[C@]2(C)[C@H]3CC[C@@H]4[C@@]5(C)COC[C@@]4(C3=CC[C@@]2(C)[C@@H]1C(=O)O)[C@@H](OC[C@](C)(N)C(C)C)[C@H](n1ncnc1C(=O)NCC(F)(F)F)C5. The zero-order chi connectivity index (χ0) is 40.0. The Morgan fingerprint density at radius 1 is 1.09 bits per heavy atom. The van der Waals surface area contributed by atoms with E-state index < -0.39 is 59.0 Å². The summed E-state index contributed by atoms with van der Waals surface area (Å²) in [6.07, 6.45) is 2.94. The fourth-order valence-electron chi connectivity index (χ4n) is 12.4. The van der Waals surface area contributed by atoms with Gasteiger partial charge >= 0.3 is 12.1 Å². The summed E-state index contributed by atoms with van der Waals surface area (Å²) in [7, 11) is 0. The summed E-state index contributed by atoms with van der Waals surface area (Å²) in [6.45, 7) is 21.1. The Balaban J connectivity index is 1.51. The number of aromatic nitrogens is 3. The Labute approximate surface area is 319 Å². The third-order valence-electron chi connectivity index (χ3n) is 16.4. The summed E-state index contributed by atoms with van der Waals surface area (Å²) in [5, 5.41) is 17.6. The summed E-state index contributed by atoms with van der Waals surface area (Å²) in [6, 6.07) is -0.568. The number of aliphatic carboxylic acids is 1. The van der Waals surface area contributed by atoms with Crippen LogP contribution in [0.1, 0.15) is 124 Å². The third kappa shape index (κ3) is 6.16. The van der Waals surface area contributed by atoms with Gasteiger partial charge in [0.2, 0.25) is 5.82 Å². The highest BCUT2D eigenvalue weighted by Crippen LogP contribution is 2.75. The number of alkyl halides is 3. The van der Waals surface area contributed by atoms with E-state index in [0.29, 0.717) is 32.0 Å². The second kappa shape index (κ2) is 13.6. The number of ether oxygens (including phenoxy) is 2. The molecule has 10 nitrogen and oxygen atoms in total. The zero-order valence-corrected chi connectivity index (χ0v) is 34.0. The molecule has 0 radical (unpaired) electrons. The minimum atomic E-state index is -4.59. The molecule has 0 unspecified atom stereocenters. The maximum absolute atomic E-state index is 13.6. The molecule has 4 aliphatic carbocycles. The van der Waals surface area contributed by atoms with Crippen LogP contribution in [0.25, 0.3) is 0 Å². The van der Waals surface area contributed by atoms with Gasteiger partial charge in [-0.15, -0.1) is 0 Å². The molecule has 0 spiro atoms. The van der Waals surface area contributed by atoms with Gasteiger partial charge in [0, 0.05) is 11.0 Å². The van der Waals surface area contributed by atoms with Crippen LogP contribution in [0, 0.1) is 62.6 Å². The van der Waals surface area contributed by atoms with E-state index in [1.807, 2.05) is 26.1 Å². The number of rotatable bonds is 10. The van der Waals surface area contributed by atoms with Crippen molar-refractivity contribution in [2.24, 2.45) is 68.3 Å². The number of nitrogens with two attached hydrogens (primary N) is 1. The van der Waals surface area contributed by atoms with Crippen molar-refractivity contribution in [3.8, 4) is 0 Å². The molecule has 12 atom stereocenters. The molecule has 13 heteroatoms. The van der Waals surface area contributed by atoms with Crippen molar-refractivity contribution in [3.05, 3.63) is 23.8 Å². The monoisotopic (exact) mass is 763 g/mol. The van der Waals surface area contributed by atoms with Gasteiger partial charge in [-0.2, -0.15) is 18.3 Å². The molecule has 4 fully saturated rings. The fraction of sp³-hybridized carbons (Fsp3) is 0.854. The van der Waals surface area contributed by atoms with Crippen LogP contribution in [-0.2, 0) is 14.3 Å². The van der Waals surface area contributed by atoms with Crippen LogP contribution < -0.4 is 11.1 Å². The molecule has 1 aromatic heterocycles. The molecule has 54 heavy (non-hydrogen) atoms. The Hall–Kier alpha value is -2.51. The number of halogens is 3. The second-order valence-electron chi connectivity index (χ2n) is 19.9. The van der Waals surface area contributed by atoms with Crippen LogP contribution in [-0.4, -0.2) is 75.9 Å². The Kier molecular flexibility index (Phi) is 10.3. The Bertz CT molecular complexity index is 1640. The highest BCUT2D eigenvalue weighted by atomic mass is 19.4. The quantitative estimate of drug-likeness (QED) is 0.209. The van der Waals surface area contributed by atoms with Crippen LogP contribution in [0.2, 0.25) is 0 Å². The van der Waals surface area contributed by atoms with Crippen molar-refractivity contribution in [2.45, 2.75) is 132 Å². The maximum Gasteiger partial charge on any atom is 0.405 e. The van der Waals surface area contributed by atoms with E-state index in [0.717, 1.165) is 25.7 Å². The van der Waals surface area contributed by atoms with Crippen LogP contribution >= 0.6 is 0 Å². The lowest BCUT2D eigenvalue weighted by molar-refractivity contribution is -0.254. The first kappa shape index (κ1) is 41.1. The lowest BCUT2D eigenvalue weighted by Gasteiger charge is -2.71. The molecule has 304 valence electrons. The number of nitrogens with zero attached hydrogens (tertiary/aromatic N) is 3. The van der Waals surface area contributed by atoms with Crippen molar-refractivity contribution in [2.75, 3.05) is 26.4 Å². The van der Waals surface area contributed by atoms with Crippen LogP contribution in [0.4, 0.5) is 13.2 Å². The summed E-state index contributed by atoms with van der Waals surface area (Å²) < 4.78 is 54.9. The third-order valence-corrected chi connectivity index (χ3v) is 16.4. The van der Waals surface area contributed by atoms with Crippen molar-refractivity contribution < 1.29 is 37.3 Å². The highest BCUT2D eigenvalue weighted by Gasteiger charge is 2.73. The van der Waals surface area contributed by atoms with Gasteiger partial charge < -0.3 is 25.6 Å². The van der Waals surface area contributed by atoms with Gasteiger partial charge in [0.15, 0.2) is 0 Å². The van der Waals surface area contributed by atoms with Gasteiger partial charge in [-0.25, -0.2) is 9.67 Å². The van der Waals surface area contributed by atoms with Crippen molar-refractivity contribution >= 4 is 11.9 Å². The molecule has 6 rings (SSSR count). The van der Waals surface area contributed by atoms with Gasteiger partial charge in [0.1, 0.15) is 12.9 Å². The highest BCUT2D eigenvalue weighted by molar-refractivity contribution is 5.90. The predicted molar refractivity (Wildman–Crippen MR) is 198 cm³/mol. The maximum atomic E-state index is 13.6. The molecule has 1 saturated heterocycles. The number of amides is 1. The summed E-state index contributed by atoms with van der Waals surface area (Å²) in [4.78, 5) is 31.1. The van der Waals surface area contributed by atoms with E-state index in [1.165, 1.54) is 16.6 Å². The topological polar surface area (TPSA) is 142 Å². The Morgan fingerprint density at radius 2 is 1.78 bits per heavy atom. The average Bonchev–Trinajstić information content (AvgIpc) is 3.56. The number of allylic oxidation sites excluding steroid dienone is 1. The van der Waals surface area contributed by atoms with Gasteiger partial charge in [-0.05, 0) is 96.7 Å². The predicted octanol–water partition coefficient (Wildman–Crippen LogP) is 7.46. The number of hydrogen-bond donors (Lipinski definition) is 3. The number of fused-ring (bicyclic) bond motifs is 3. The Morgan fingerprint density at radius 3 is 2.39 bits per heavy atom. The van der Waals surface area contributed by atoms with Crippen LogP contribution in [0.3, 0.4) is 0 Å². The molecule has 4 N–H and O–H groups in total. The van der Waals surface area contributed by atoms with Crippen molar-refractivity contribution in [1.82, 2.24) is 20.1 Å². The average molecular weight is 764 g/mol. The standard InChI is InChI=1S/C41H64F3N5O5/c1-23(2)25(5)36(7)15-16-37(8)26-11-12-29-35(6)17-28(49-32(47-22-48-49)33(50)46-18-41(42,43)44)31(54-20-39(10,45)24(3)4)40(29,21-53-19-35)27(26)13-14-38(37,9)30(36)34(51)52/h13,22-26,28-31H,11-12,14-21,45H2,1-10H3,(H,46,50)(H,51,52)/t25-,26+,28-,29-,30-,31+,35-,36-,37-,38+,39+,40+/m1/s1. The van der Waals surface area contributed by atoms with Crippen LogP contribution in [0.5, 0.6) is 0 Å². The van der Waals surface area contributed by atoms with Crippen molar-refractivity contribution in [1.29, 1.82) is 0 Å². The normalized spacial score (nSPS) is 40.9. The second-order valence-corrected chi connectivity index (χ2v) is 19.9. The van der Waals surface area contributed by atoms with Gasteiger partial charge in [-0.3, -0.25) is 9.59 Å². The van der Waals surface area contributed by atoms with Gasteiger partial charge in [-0.1, -0.05) is 74.0 Å². The molecule has 5 aliphatic rings. The first-order chi connectivity index (χ1) is 24.9. The molecular weight excluding hydrogens is 699 g/mol. The molecular formula is C41H64F3N5O5. The molecule has 1 amide bonds. The smallest absolute Gasteiger partial charge is 0.405 e. The summed E-state index contributed by atoms with van der Waals surface area (Å²) >= 11 is 0. The van der Waals surface area contributed by atoms with Gasteiger partial charge in [0.25, 0.3) is 5.91 Å². The minimum absolute atomic E-state index is 0.0451. The zero-order valence-electron chi connectivity index (χ0n) is 34.0. The molecule has 2 heterocycles. The fourth-order valence-corrected chi connectivity index (χ4v) is 12.4. The molecule has 2 bridgehead atoms. The first-order valence-corrected chi connectivity index (χ1v) is 20.1. The largest absolute Gasteiger partial charge is 0.481 e. The van der Waals surface area contributed by atoms with Crippen molar-refractivity contribution in [3.63, 3.8) is 0 Å².